The molecule has 4 rings (SSSR count). The van der Waals surface area contributed by atoms with Crippen molar-refractivity contribution in [2.75, 3.05) is 33.3 Å². The fourth-order valence-corrected chi connectivity index (χ4v) is 6.06. The third-order valence-corrected chi connectivity index (χ3v) is 8.89. The number of hydrogen-bond donors (Lipinski definition) is 1. The van der Waals surface area contributed by atoms with E-state index in [2.05, 4.69) is 5.32 Å². The lowest BCUT2D eigenvalue weighted by Crippen LogP contribution is -2.57. The second-order valence-electron chi connectivity index (χ2n) is 8.18. The van der Waals surface area contributed by atoms with Crippen LogP contribution in [0.4, 0.5) is 0 Å². The van der Waals surface area contributed by atoms with Gasteiger partial charge in [0.1, 0.15) is 5.75 Å². The molecule has 12 heteroatoms. The highest BCUT2D eigenvalue weighted by molar-refractivity contribution is 7.92. The minimum absolute atomic E-state index is 0.113. The van der Waals surface area contributed by atoms with E-state index in [1.165, 1.54) is 36.3 Å². The maximum Gasteiger partial charge on any atom is 0.262 e. The van der Waals surface area contributed by atoms with Crippen molar-refractivity contribution in [1.29, 1.82) is 0 Å². The van der Waals surface area contributed by atoms with Gasteiger partial charge in [-0.25, -0.2) is 8.42 Å². The van der Waals surface area contributed by atoms with Gasteiger partial charge < -0.3 is 19.9 Å². The van der Waals surface area contributed by atoms with Crippen LogP contribution in [0.2, 0.25) is 5.02 Å². The SMILES string of the molecule is COc1ccc(C(=O)N2CCN(C(=O)C(NC(=O)c3cccs3)S(=O)(=O)c3ccc(Cl)cc3)CC2)cc1. The zero-order valence-electron chi connectivity index (χ0n) is 19.8. The van der Waals surface area contributed by atoms with Crippen molar-refractivity contribution in [3.8, 4) is 5.75 Å². The number of piperazine rings is 1. The Hall–Kier alpha value is -3.41. The van der Waals surface area contributed by atoms with Gasteiger partial charge in [-0.15, -0.1) is 11.3 Å². The van der Waals surface area contributed by atoms with E-state index >= 15 is 0 Å². The summed E-state index contributed by atoms with van der Waals surface area (Å²) in [5, 5.41) is 2.58. The molecule has 1 saturated heterocycles. The van der Waals surface area contributed by atoms with Crippen LogP contribution in [-0.4, -0.2) is 74.6 Å². The molecule has 1 aliphatic rings. The molecule has 0 aliphatic carbocycles. The zero-order valence-corrected chi connectivity index (χ0v) is 22.2. The summed E-state index contributed by atoms with van der Waals surface area (Å²) in [4.78, 5) is 42.2. The summed E-state index contributed by atoms with van der Waals surface area (Å²) in [6, 6.07) is 15.3. The minimum Gasteiger partial charge on any atom is -0.497 e. The van der Waals surface area contributed by atoms with Gasteiger partial charge in [0.05, 0.1) is 16.9 Å². The van der Waals surface area contributed by atoms with E-state index in [1.807, 2.05) is 0 Å². The lowest BCUT2D eigenvalue weighted by atomic mass is 10.1. The van der Waals surface area contributed by atoms with Gasteiger partial charge in [-0.05, 0) is 60.0 Å². The maximum atomic E-state index is 13.5. The monoisotopic (exact) mass is 561 g/mol. The standard InChI is InChI=1S/C25H24ClN3O6S2/c1-35-19-8-4-17(5-9-19)24(31)28-12-14-29(15-13-28)25(32)23(27-22(30)21-3-2-16-36-21)37(33,34)20-10-6-18(26)7-11-20/h2-11,16,23H,12-15H2,1H3,(H,27,30). The molecule has 0 spiro atoms. The van der Waals surface area contributed by atoms with Crippen molar-refractivity contribution < 1.29 is 27.5 Å². The molecule has 1 aliphatic heterocycles. The number of nitrogens with zero attached hydrogens (tertiary/aromatic N) is 2. The number of hydrogen-bond acceptors (Lipinski definition) is 7. The summed E-state index contributed by atoms with van der Waals surface area (Å²) in [6.45, 7) is 0.650. The molecule has 3 amide bonds. The first kappa shape index (κ1) is 26.6. The molecule has 9 nitrogen and oxygen atoms in total. The van der Waals surface area contributed by atoms with E-state index in [4.69, 9.17) is 16.3 Å². The third-order valence-electron chi connectivity index (χ3n) is 5.90. The van der Waals surface area contributed by atoms with Crippen molar-refractivity contribution in [3.05, 3.63) is 81.5 Å². The second-order valence-corrected chi connectivity index (χ2v) is 11.6. The van der Waals surface area contributed by atoms with E-state index in [0.717, 1.165) is 11.3 Å². The number of sulfone groups is 1. The van der Waals surface area contributed by atoms with Crippen LogP contribution in [0.25, 0.3) is 0 Å². The van der Waals surface area contributed by atoms with Crippen LogP contribution < -0.4 is 10.1 Å². The molecule has 1 unspecified atom stereocenters. The smallest absolute Gasteiger partial charge is 0.262 e. The lowest BCUT2D eigenvalue weighted by Gasteiger charge is -2.36. The lowest BCUT2D eigenvalue weighted by molar-refractivity contribution is -0.132. The Balaban J connectivity index is 1.51. The Kier molecular flexibility index (Phi) is 8.16. The van der Waals surface area contributed by atoms with Crippen molar-refractivity contribution in [3.63, 3.8) is 0 Å². The number of thiophene rings is 1. The summed E-state index contributed by atoms with van der Waals surface area (Å²) >= 11 is 7.03. The van der Waals surface area contributed by atoms with Gasteiger partial charge in [-0.3, -0.25) is 14.4 Å². The Morgan fingerprint density at radius 3 is 2.14 bits per heavy atom. The summed E-state index contributed by atoms with van der Waals surface area (Å²) in [7, 11) is -2.76. The first-order chi connectivity index (χ1) is 17.7. The van der Waals surface area contributed by atoms with Gasteiger partial charge in [-0.2, -0.15) is 0 Å². The van der Waals surface area contributed by atoms with Crippen molar-refractivity contribution in [2.45, 2.75) is 10.3 Å². The first-order valence-electron chi connectivity index (χ1n) is 11.3. The number of benzene rings is 2. The average Bonchev–Trinajstić information content (AvgIpc) is 3.46. The largest absolute Gasteiger partial charge is 0.497 e. The quantitative estimate of drug-likeness (QED) is 0.474. The predicted molar refractivity (Wildman–Crippen MR) is 140 cm³/mol. The molecular formula is C25H24ClN3O6S2. The highest BCUT2D eigenvalue weighted by atomic mass is 35.5. The fraction of sp³-hybridized carbons (Fsp3) is 0.240. The molecule has 2 aromatic carbocycles. The number of rotatable bonds is 7. The normalized spacial score (nSPS) is 14.6. The van der Waals surface area contributed by atoms with E-state index in [0.29, 0.717) is 16.3 Å². The summed E-state index contributed by atoms with van der Waals surface area (Å²) in [6.07, 6.45) is 0. The topological polar surface area (TPSA) is 113 Å². The van der Waals surface area contributed by atoms with Gasteiger partial charge in [0, 0.05) is 36.8 Å². The molecule has 1 N–H and O–H groups in total. The third kappa shape index (κ3) is 5.95. The predicted octanol–water partition coefficient (Wildman–Crippen LogP) is 2.92. The Bertz CT molecular complexity index is 1370. The van der Waals surface area contributed by atoms with Gasteiger partial charge >= 0.3 is 0 Å². The molecule has 1 atom stereocenters. The van der Waals surface area contributed by atoms with Gasteiger partial charge in [0.2, 0.25) is 15.2 Å². The van der Waals surface area contributed by atoms with E-state index in [9.17, 15) is 22.8 Å². The Morgan fingerprint density at radius 1 is 0.946 bits per heavy atom. The van der Waals surface area contributed by atoms with E-state index in [1.54, 1.807) is 46.7 Å². The molecule has 0 radical (unpaired) electrons. The van der Waals surface area contributed by atoms with E-state index < -0.39 is 27.0 Å². The molecular weight excluding hydrogens is 538 g/mol. The molecule has 3 aromatic rings. The first-order valence-corrected chi connectivity index (χ1v) is 14.1. The van der Waals surface area contributed by atoms with Crippen molar-refractivity contribution in [1.82, 2.24) is 15.1 Å². The van der Waals surface area contributed by atoms with Crippen LogP contribution in [0, 0.1) is 0 Å². The minimum atomic E-state index is -4.30. The van der Waals surface area contributed by atoms with Crippen LogP contribution in [0.1, 0.15) is 20.0 Å². The Morgan fingerprint density at radius 2 is 1.57 bits per heavy atom. The summed E-state index contributed by atoms with van der Waals surface area (Å²) in [5.74, 6) is -1.01. The summed E-state index contributed by atoms with van der Waals surface area (Å²) in [5.41, 5.74) is 0.479. The van der Waals surface area contributed by atoms with Gasteiger partial charge in [0.25, 0.3) is 17.7 Å². The highest BCUT2D eigenvalue weighted by Crippen LogP contribution is 2.21. The second kappa shape index (κ2) is 11.3. The van der Waals surface area contributed by atoms with Crippen molar-refractivity contribution in [2.24, 2.45) is 0 Å². The van der Waals surface area contributed by atoms with Crippen molar-refractivity contribution >= 4 is 50.5 Å². The maximum absolute atomic E-state index is 13.5. The number of carbonyl (C=O) groups is 3. The number of halogens is 1. The van der Waals surface area contributed by atoms with Gasteiger partial charge in [-0.1, -0.05) is 17.7 Å². The number of amides is 3. The van der Waals surface area contributed by atoms with Crippen LogP contribution >= 0.6 is 22.9 Å². The fourth-order valence-electron chi connectivity index (χ4n) is 3.84. The number of methoxy groups -OCH3 is 1. The number of carbonyl (C=O) groups excluding carboxylic acids is 3. The van der Waals surface area contributed by atoms with Gasteiger partial charge in [0.15, 0.2) is 0 Å². The Labute approximate surface area is 223 Å². The number of nitrogens with one attached hydrogen (secondary N) is 1. The summed E-state index contributed by atoms with van der Waals surface area (Å²) < 4.78 is 32.1. The molecule has 1 fully saturated rings. The zero-order chi connectivity index (χ0) is 26.6. The molecule has 0 bridgehead atoms. The molecule has 194 valence electrons. The molecule has 0 saturated carbocycles. The van der Waals surface area contributed by atoms with Crippen LogP contribution in [0.5, 0.6) is 5.75 Å². The number of ether oxygens (including phenoxy) is 1. The van der Waals surface area contributed by atoms with Crippen LogP contribution in [0.3, 0.4) is 0 Å². The highest BCUT2D eigenvalue weighted by Gasteiger charge is 2.39. The van der Waals surface area contributed by atoms with Crippen LogP contribution in [-0.2, 0) is 14.6 Å². The van der Waals surface area contributed by atoms with E-state index in [-0.39, 0.29) is 41.9 Å². The molecule has 1 aromatic heterocycles. The molecule has 37 heavy (non-hydrogen) atoms. The van der Waals surface area contributed by atoms with Crippen LogP contribution in [0.15, 0.2) is 70.9 Å². The molecule has 2 heterocycles. The average molecular weight is 562 g/mol.